The fourth-order valence-corrected chi connectivity index (χ4v) is 3.68. The molecule has 0 spiro atoms. The molecule has 2 N–H and O–H groups in total. The summed E-state index contributed by atoms with van der Waals surface area (Å²) in [6.07, 6.45) is 2.26. The number of phenols is 1. The molecule has 3 aromatic carbocycles. The highest BCUT2D eigenvalue weighted by Crippen LogP contribution is 2.36. The molecule has 0 aliphatic rings. The highest BCUT2D eigenvalue weighted by molar-refractivity contribution is 5.86. The first-order valence-electron chi connectivity index (χ1n) is 10.8. The van der Waals surface area contributed by atoms with Crippen molar-refractivity contribution >= 4 is 17.0 Å². The van der Waals surface area contributed by atoms with Gasteiger partial charge in [-0.05, 0) is 38.3 Å². The van der Waals surface area contributed by atoms with Crippen LogP contribution in [0.5, 0.6) is 11.5 Å². The van der Waals surface area contributed by atoms with Gasteiger partial charge in [-0.1, -0.05) is 48.0 Å². The summed E-state index contributed by atoms with van der Waals surface area (Å²) >= 11 is 0. The number of aromatic nitrogens is 2. The van der Waals surface area contributed by atoms with Crippen molar-refractivity contribution in [2.75, 3.05) is 6.61 Å². The van der Waals surface area contributed by atoms with E-state index in [1.54, 1.807) is 6.07 Å². The van der Waals surface area contributed by atoms with Gasteiger partial charge in [-0.3, -0.25) is 9.36 Å². The molecule has 6 heteroatoms. The van der Waals surface area contributed by atoms with Crippen LogP contribution in [0, 0.1) is 6.92 Å². The second kappa shape index (κ2) is 9.56. The fourth-order valence-electron chi connectivity index (χ4n) is 3.68. The van der Waals surface area contributed by atoms with Gasteiger partial charge in [-0.15, -0.1) is 0 Å². The van der Waals surface area contributed by atoms with E-state index in [1.807, 2.05) is 43.3 Å². The Morgan fingerprint density at radius 1 is 1.00 bits per heavy atom. The van der Waals surface area contributed by atoms with Crippen LogP contribution in [0.3, 0.4) is 0 Å². The summed E-state index contributed by atoms with van der Waals surface area (Å²) in [5.74, 6) is 0.432. The standard InChI is InChI=1S/C26H26N2O4/c1-18-11-13-20(14-12-18)28-22-17-24(32-15-7-3-6-10-25(30)31)23(29)16-21(22)27-26(28)19-8-4-2-5-9-19/h2,4-5,8-9,11-14,16-17,29H,3,6-7,10,15H2,1H3,(H,30,31). The zero-order chi connectivity index (χ0) is 22.5. The van der Waals surface area contributed by atoms with Crippen molar-refractivity contribution in [3.63, 3.8) is 0 Å². The van der Waals surface area contributed by atoms with E-state index < -0.39 is 5.97 Å². The summed E-state index contributed by atoms with van der Waals surface area (Å²) in [5.41, 5.74) is 4.64. The second-order valence-corrected chi connectivity index (χ2v) is 7.83. The summed E-state index contributed by atoms with van der Waals surface area (Å²) < 4.78 is 7.91. The zero-order valence-corrected chi connectivity index (χ0v) is 18.0. The number of imidazole rings is 1. The number of aromatic hydroxyl groups is 1. The van der Waals surface area contributed by atoms with Crippen molar-refractivity contribution in [1.29, 1.82) is 0 Å². The van der Waals surface area contributed by atoms with E-state index in [2.05, 4.69) is 28.8 Å². The van der Waals surface area contributed by atoms with Crippen LogP contribution in [0.2, 0.25) is 0 Å². The molecule has 164 valence electrons. The third-order valence-electron chi connectivity index (χ3n) is 5.35. The number of benzene rings is 3. The number of aryl methyl sites for hydroxylation is 1. The monoisotopic (exact) mass is 430 g/mol. The van der Waals surface area contributed by atoms with Crippen LogP contribution in [-0.2, 0) is 4.79 Å². The molecule has 0 saturated heterocycles. The molecule has 4 rings (SSSR count). The number of rotatable bonds is 9. The predicted octanol–water partition coefficient (Wildman–Crippen LogP) is 5.73. The van der Waals surface area contributed by atoms with Gasteiger partial charge >= 0.3 is 5.97 Å². The number of carbonyl (C=O) groups is 1. The highest BCUT2D eigenvalue weighted by atomic mass is 16.5. The average molecular weight is 431 g/mol. The van der Waals surface area contributed by atoms with E-state index in [1.165, 1.54) is 5.56 Å². The van der Waals surface area contributed by atoms with E-state index in [0.29, 0.717) is 24.3 Å². The number of ether oxygens (including phenoxy) is 1. The third kappa shape index (κ3) is 4.75. The van der Waals surface area contributed by atoms with Crippen molar-refractivity contribution in [2.45, 2.75) is 32.6 Å². The number of aliphatic carboxylic acids is 1. The molecule has 0 saturated carbocycles. The molecule has 0 unspecified atom stereocenters. The van der Waals surface area contributed by atoms with Crippen LogP contribution in [-0.4, -0.2) is 32.3 Å². The minimum Gasteiger partial charge on any atom is -0.504 e. The normalized spacial score (nSPS) is 11.0. The van der Waals surface area contributed by atoms with Crippen LogP contribution in [0.4, 0.5) is 0 Å². The maximum Gasteiger partial charge on any atom is 0.303 e. The minimum atomic E-state index is -0.785. The van der Waals surface area contributed by atoms with E-state index in [-0.39, 0.29) is 12.2 Å². The Kier molecular flexibility index (Phi) is 6.40. The molecular formula is C26H26N2O4. The molecule has 0 aliphatic carbocycles. The number of unbranched alkanes of at least 4 members (excludes halogenated alkanes) is 2. The van der Waals surface area contributed by atoms with Crippen molar-refractivity contribution in [3.05, 3.63) is 72.3 Å². The van der Waals surface area contributed by atoms with Gasteiger partial charge in [0.25, 0.3) is 0 Å². The van der Waals surface area contributed by atoms with Crippen LogP contribution in [0.1, 0.15) is 31.2 Å². The smallest absolute Gasteiger partial charge is 0.303 e. The Morgan fingerprint density at radius 2 is 1.75 bits per heavy atom. The van der Waals surface area contributed by atoms with Crippen LogP contribution in [0.15, 0.2) is 66.7 Å². The first kappa shape index (κ1) is 21.4. The Balaban J connectivity index is 1.68. The van der Waals surface area contributed by atoms with E-state index >= 15 is 0 Å². The molecule has 0 aliphatic heterocycles. The quantitative estimate of drug-likeness (QED) is 0.331. The van der Waals surface area contributed by atoms with E-state index in [0.717, 1.165) is 35.4 Å². The molecule has 0 amide bonds. The predicted molar refractivity (Wildman–Crippen MR) is 125 cm³/mol. The lowest BCUT2D eigenvalue weighted by molar-refractivity contribution is -0.137. The lowest BCUT2D eigenvalue weighted by Crippen LogP contribution is -2.00. The van der Waals surface area contributed by atoms with Gasteiger partial charge in [0.2, 0.25) is 0 Å². The minimum absolute atomic E-state index is 0.0382. The number of carboxylic acid groups (broad SMARTS) is 1. The molecular weight excluding hydrogens is 404 g/mol. The molecule has 0 atom stereocenters. The molecule has 1 aromatic heterocycles. The van der Waals surface area contributed by atoms with Gasteiger partial charge in [0.05, 0.1) is 17.6 Å². The SMILES string of the molecule is Cc1ccc(-n2c(-c3ccccc3)nc3cc(O)c(OCCCCCC(=O)O)cc32)cc1. The molecule has 32 heavy (non-hydrogen) atoms. The summed E-state index contributed by atoms with van der Waals surface area (Å²) in [5, 5.41) is 19.2. The number of carboxylic acids is 1. The maximum absolute atomic E-state index is 10.6. The molecule has 4 aromatic rings. The van der Waals surface area contributed by atoms with Crippen molar-refractivity contribution in [3.8, 4) is 28.6 Å². The van der Waals surface area contributed by atoms with Crippen molar-refractivity contribution in [2.24, 2.45) is 0 Å². The second-order valence-electron chi connectivity index (χ2n) is 7.83. The Morgan fingerprint density at radius 3 is 2.47 bits per heavy atom. The Bertz CT molecular complexity index is 1210. The number of hydrogen-bond donors (Lipinski definition) is 2. The van der Waals surface area contributed by atoms with Crippen LogP contribution < -0.4 is 4.74 Å². The van der Waals surface area contributed by atoms with Crippen molar-refractivity contribution in [1.82, 2.24) is 9.55 Å². The van der Waals surface area contributed by atoms with Crippen molar-refractivity contribution < 1.29 is 19.7 Å². The molecule has 0 bridgehead atoms. The summed E-state index contributed by atoms with van der Waals surface area (Å²) in [6, 6.07) is 21.6. The number of phenolic OH excluding ortho intramolecular Hbond substituents is 1. The van der Waals surface area contributed by atoms with Gasteiger partial charge in [0.15, 0.2) is 11.5 Å². The summed E-state index contributed by atoms with van der Waals surface area (Å²) in [6.45, 7) is 2.46. The molecule has 1 heterocycles. The zero-order valence-electron chi connectivity index (χ0n) is 18.0. The lowest BCUT2D eigenvalue weighted by Gasteiger charge is -2.12. The largest absolute Gasteiger partial charge is 0.504 e. The summed E-state index contributed by atoms with van der Waals surface area (Å²) in [4.78, 5) is 15.4. The van der Waals surface area contributed by atoms with Gasteiger partial charge in [-0.2, -0.15) is 0 Å². The topological polar surface area (TPSA) is 84.6 Å². The first-order valence-corrected chi connectivity index (χ1v) is 10.8. The average Bonchev–Trinajstić information content (AvgIpc) is 3.15. The third-order valence-corrected chi connectivity index (χ3v) is 5.35. The number of nitrogens with zero attached hydrogens (tertiary/aromatic N) is 2. The van der Waals surface area contributed by atoms with Gasteiger partial charge < -0.3 is 14.9 Å². The summed E-state index contributed by atoms with van der Waals surface area (Å²) in [7, 11) is 0. The van der Waals surface area contributed by atoms with E-state index in [9.17, 15) is 9.90 Å². The maximum atomic E-state index is 10.6. The molecule has 0 radical (unpaired) electrons. The Hall–Kier alpha value is -3.80. The van der Waals surface area contributed by atoms with E-state index in [4.69, 9.17) is 14.8 Å². The van der Waals surface area contributed by atoms with Crippen LogP contribution in [0.25, 0.3) is 28.1 Å². The Labute approximate surface area is 186 Å². The van der Waals surface area contributed by atoms with Crippen LogP contribution >= 0.6 is 0 Å². The molecule has 6 nitrogen and oxygen atoms in total. The number of fused-ring (bicyclic) bond motifs is 1. The van der Waals surface area contributed by atoms with Gasteiger partial charge in [0.1, 0.15) is 5.82 Å². The number of hydrogen-bond acceptors (Lipinski definition) is 4. The lowest BCUT2D eigenvalue weighted by atomic mass is 10.2. The first-order chi connectivity index (χ1) is 15.5. The fraction of sp³-hybridized carbons (Fsp3) is 0.231. The van der Waals surface area contributed by atoms with Gasteiger partial charge in [0, 0.05) is 29.8 Å². The molecule has 0 fully saturated rings. The highest BCUT2D eigenvalue weighted by Gasteiger charge is 2.17. The van der Waals surface area contributed by atoms with Gasteiger partial charge in [-0.25, -0.2) is 4.98 Å².